The van der Waals surface area contributed by atoms with E-state index in [1.165, 1.54) is 5.69 Å². The van der Waals surface area contributed by atoms with Crippen LogP contribution in [0.2, 0.25) is 0 Å². The van der Waals surface area contributed by atoms with E-state index in [4.69, 9.17) is 19.8 Å². The molecule has 0 radical (unpaired) electrons. The largest absolute Gasteiger partial charge is 0.490 e. The summed E-state index contributed by atoms with van der Waals surface area (Å²) in [5.41, 5.74) is 2.25. The van der Waals surface area contributed by atoms with E-state index >= 15 is 0 Å². The van der Waals surface area contributed by atoms with Crippen molar-refractivity contribution in [1.29, 1.82) is 0 Å². The van der Waals surface area contributed by atoms with Crippen LogP contribution in [-0.4, -0.2) is 73.6 Å². The predicted octanol–water partition coefficient (Wildman–Crippen LogP) is 3.58. The highest BCUT2D eigenvalue weighted by atomic mass is 19.4. The molecule has 0 amide bonds. The summed E-state index contributed by atoms with van der Waals surface area (Å²) < 4.78 is 65.6. The van der Waals surface area contributed by atoms with Gasteiger partial charge in [-0.15, -0.1) is 0 Å². The van der Waals surface area contributed by atoms with Crippen LogP contribution in [0.1, 0.15) is 31.4 Å². The van der Waals surface area contributed by atoms with Crippen LogP contribution in [0.25, 0.3) is 5.65 Å². The summed E-state index contributed by atoms with van der Waals surface area (Å²) in [5, 5.41) is 23.8. The predicted molar refractivity (Wildman–Crippen MR) is 107 cm³/mol. The number of aromatic nitrogens is 2. The Labute approximate surface area is 190 Å². The van der Waals surface area contributed by atoms with Gasteiger partial charge in [0.25, 0.3) is 0 Å². The summed E-state index contributed by atoms with van der Waals surface area (Å²) in [6.45, 7) is 2.02. The number of aliphatic hydroxyl groups excluding tert-OH is 1. The summed E-state index contributed by atoms with van der Waals surface area (Å²) in [5.74, 6) is -4.79. The molecule has 0 unspecified atom stereocenters. The molecule has 34 heavy (non-hydrogen) atoms. The summed E-state index contributed by atoms with van der Waals surface area (Å²) in [4.78, 5) is 24.6. The van der Waals surface area contributed by atoms with Gasteiger partial charge in [-0.1, -0.05) is 6.07 Å². The van der Waals surface area contributed by atoms with Crippen molar-refractivity contribution in [2.45, 2.75) is 50.7 Å². The third kappa shape index (κ3) is 10.4. The Morgan fingerprint density at radius 1 is 1.03 bits per heavy atom. The number of fused-ring (bicyclic) bond motifs is 1. The minimum absolute atomic E-state index is 0.0599. The molecule has 0 spiro atoms. The molecule has 2 aromatic rings. The number of carbonyl (C=O) groups is 2. The number of hydrogen-bond donors (Lipinski definition) is 3. The Morgan fingerprint density at radius 3 is 2.00 bits per heavy atom. The number of carboxylic acids is 2. The van der Waals surface area contributed by atoms with Gasteiger partial charge in [-0.3, -0.25) is 0 Å². The maximum atomic E-state index is 10.6. The Hall–Kier alpha value is -2.87. The third-order valence-electron chi connectivity index (χ3n) is 4.80. The van der Waals surface area contributed by atoms with E-state index < -0.39 is 24.3 Å². The number of hydrogen-bond acceptors (Lipinski definition) is 5. The fourth-order valence-corrected chi connectivity index (χ4v) is 3.21. The van der Waals surface area contributed by atoms with Gasteiger partial charge in [0.2, 0.25) is 0 Å². The highest BCUT2D eigenvalue weighted by molar-refractivity contribution is 5.73. The molecule has 0 bridgehead atoms. The van der Waals surface area contributed by atoms with Gasteiger partial charge in [-0.25, -0.2) is 14.6 Å². The zero-order valence-corrected chi connectivity index (χ0v) is 18.1. The zero-order valence-electron chi connectivity index (χ0n) is 18.1. The van der Waals surface area contributed by atoms with E-state index in [1.807, 2.05) is 24.4 Å². The smallest absolute Gasteiger partial charge is 0.475 e. The van der Waals surface area contributed by atoms with E-state index in [0.29, 0.717) is 0 Å². The first-order valence-corrected chi connectivity index (χ1v) is 9.99. The maximum absolute atomic E-state index is 10.6. The fraction of sp³-hybridized carbons (Fsp3) is 0.550. The number of aliphatic hydroxyl groups is 1. The summed E-state index contributed by atoms with van der Waals surface area (Å²) in [6.07, 6.45) is -1.95. The lowest BCUT2D eigenvalue weighted by atomic mass is 9.87. The quantitative estimate of drug-likeness (QED) is 0.549. The molecule has 1 aliphatic rings. The van der Waals surface area contributed by atoms with E-state index in [9.17, 15) is 31.4 Å². The highest BCUT2D eigenvalue weighted by Crippen LogP contribution is 2.25. The molecular formula is C20H25F6N3O5. The van der Waals surface area contributed by atoms with Crippen molar-refractivity contribution in [1.82, 2.24) is 14.3 Å². The van der Waals surface area contributed by atoms with Crippen LogP contribution in [0.15, 0.2) is 30.6 Å². The topological polar surface area (TPSA) is 115 Å². The second kappa shape index (κ2) is 12.6. The molecule has 1 fully saturated rings. The number of alkyl halides is 6. The van der Waals surface area contributed by atoms with Crippen LogP contribution in [-0.2, 0) is 16.1 Å². The molecule has 3 rings (SSSR count). The van der Waals surface area contributed by atoms with Gasteiger partial charge in [-0.2, -0.15) is 26.3 Å². The molecule has 2 aromatic heterocycles. The molecule has 0 aromatic carbocycles. The van der Waals surface area contributed by atoms with Crippen LogP contribution in [0.4, 0.5) is 26.3 Å². The summed E-state index contributed by atoms with van der Waals surface area (Å²) >= 11 is 0. The van der Waals surface area contributed by atoms with Crippen molar-refractivity contribution in [2.24, 2.45) is 5.92 Å². The van der Waals surface area contributed by atoms with Crippen LogP contribution in [0.3, 0.4) is 0 Å². The SMILES string of the molecule is CN(Cc1cnc2ccccn12)CC1CCC(O)CC1.O=C(O)C(F)(F)F.O=C(O)C(F)(F)F. The zero-order chi connectivity index (χ0) is 26.1. The lowest BCUT2D eigenvalue weighted by molar-refractivity contribution is -0.193. The molecule has 14 heteroatoms. The monoisotopic (exact) mass is 501 g/mol. The van der Waals surface area contributed by atoms with E-state index in [0.717, 1.165) is 50.3 Å². The molecule has 0 atom stereocenters. The van der Waals surface area contributed by atoms with Gasteiger partial charge in [-0.05, 0) is 50.8 Å². The lowest BCUT2D eigenvalue weighted by Crippen LogP contribution is -2.29. The molecule has 3 N–H and O–H groups in total. The molecule has 192 valence electrons. The second-order valence-electron chi connectivity index (χ2n) is 7.66. The highest BCUT2D eigenvalue weighted by Gasteiger charge is 2.38. The number of halogens is 6. The van der Waals surface area contributed by atoms with Gasteiger partial charge in [0.15, 0.2) is 0 Å². The molecule has 0 saturated heterocycles. The number of rotatable bonds is 4. The van der Waals surface area contributed by atoms with Crippen molar-refractivity contribution in [2.75, 3.05) is 13.6 Å². The van der Waals surface area contributed by atoms with Crippen molar-refractivity contribution in [3.8, 4) is 0 Å². The first kappa shape index (κ1) is 29.2. The molecular weight excluding hydrogens is 476 g/mol. The molecule has 8 nitrogen and oxygen atoms in total. The number of nitrogens with zero attached hydrogens (tertiary/aromatic N) is 3. The van der Waals surface area contributed by atoms with Crippen molar-refractivity contribution >= 4 is 17.6 Å². The number of aliphatic carboxylic acids is 2. The molecule has 2 heterocycles. The fourth-order valence-electron chi connectivity index (χ4n) is 3.21. The standard InChI is InChI=1S/C16H23N3O.2C2HF3O2/c1-18(11-13-5-7-15(20)8-6-13)12-14-10-17-16-4-2-3-9-19(14)16;2*3-2(4,5)1(6)7/h2-4,9-10,13,15,20H,5-8,11-12H2,1H3;2*(H,6,7). The molecule has 0 aliphatic heterocycles. The normalized spacial score (nSPS) is 18.5. The number of carboxylic acid groups (broad SMARTS) is 2. The Bertz CT molecular complexity index is 899. The summed E-state index contributed by atoms with van der Waals surface area (Å²) in [6, 6.07) is 6.09. The van der Waals surface area contributed by atoms with Gasteiger partial charge >= 0.3 is 24.3 Å². The Balaban J connectivity index is 0.000000343. The number of imidazole rings is 1. The van der Waals surface area contributed by atoms with Crippen LogP contribution in [0, 0.1) is 5.92 Å². The summed E-state index contributed by atoms with van der Waals surface area (Å²) in [7, 11) is 2.17. The second-order valence-corrected chi connectivity index (χ2v) is 7.66. The average molecular weight is 501 g/mol. The van der Waals surface area contributed by atoms with Crippen LogP contribution in [0.5, 0.6) is 0 Å². The molecule has 1 aliphatic carbocycles. The first-order valence-electron chi connectivity index (χ1n) is 9.99. The average Bonchev–Trinajstić information content (AvgIpc) is 3.12. The van der Waals surface area contributed by atoms with Gasteiger partial charge in [0.1, 0.15) is 5.65 Å². The van der Waals surface area contributed by atoms with E-state index in [-0.39, 0.29) is 6.10 Å². The minimum atomic E-state index is -5.08. The molecule has 1 saturated carbocycles. The van der Waals surface area contributed by atoms with Crippen molar-refractivity contribution < 1.29 is 51.3 Å². The first-order chi connectivity index (χ1) is 15.6. The van der Waals surface area contributed by atoms with Gasteiger partial charge in [0, 0.05) is 19.3 Å². The van der Waals surface area contributed by atoms with Crippen molar-refractivity contribution in [3.63, 3.8) is 0 Å². The third-order valence-corrected chi connectivity index (χ3v) is 4.80. The Morgan fingerprint density at radius 2 is 1.53 bits per heavy atom. The Kier molecular flexibility index (Phi) is 10.8. The number of pyridine rings is 1. The minimum Gasteiger partial charge on any atom is -0.475 e. The van der Waals surface area contributed by atoms with Crippen LogP contribution >= 0.6 is 0 Å². The van der Waals surface area contributed by atoms with Crippen LogP contribution < -0.4 is 0 Å². The van der Waals surface area contributed by atoms with Gasteiger partial charge < -0.3 is 24.6 Å². The van der Waals surface area contributed by atoms with E-state index in [2.05, 4.69) is 27.5 Å². The van der Waals surface area contributed by atoms with Gasteiger partial charge in [0.05, 0.1) is 18.0 Å². The maximum Gasteiger partial charge on any atom is 0.490 e. The van der Waals surface area contributed by atoms with Crippen molar-refractivity contribution in [3.05, 3.63) is 36.3 Å². The van der Waals surface area contributed by atoms with E-state index in [1.54, 1.807) is 0 Å². The lowest BCUT2D eigenvalue weighted by Gasteiger charge is -2.29.